The number of anilines is 1. The Hall–Kier alpha value is -4.27. The lowest BCUT2D eigenvalue weighted by Gasteiger charge is -2.06. The van der Waals surface area contributed by atoms with E-state index < -0.39 is 20.9 Å². The van der Waals surface area contributed by atoms with Crippen molar-refractivity contribution in [1.29, 1.82) is 5.26 Å². The van der Waals surface area contributed by atoms with Crippen molar-refractivity contribution in [1.82, 2.24) is 0 Å². The van der Waals surface area contributed by atoms with E-state index in [0.717, 1.165) is 0 Å². The molecule has 162 valence electrons. The van der Waals surface area contributed by atoms with Gasteiger partial charge in [0.2, 0.25) is 10.0 Å². The summed E-state index contributed by atoms with van der Waals surface area (Å²) in [5, 5.41) is 28.0. The molecule has 0 unspecified atom stereocenters. The topological polar surface area (TPSA) is 169 Å². The van der Waals surface area contributed by atoms with Crippen LogP contribution in [-0.2, 0) is 14.8 Å². The van der Waals surface area contributed by atoms with Gasteiger partial charge in [0.15, 0.2) is 0 Å². The van der Waals surface area contributed by atoms with Crippen LogP contribution in [0.5, 0.6) is 0 Å². The number of rotatable bonds is 6. The number of nitriles is 1. The molecular formula is C21H16N4O6S. The third-order valence-electron chi connectivity index (χ3n) is 4.34. The Labute approximate surface area is 182 Å². The molecule has 0 bridgehead atoms. The number of carbonyl (C=O) groups is 1. The molecule has 2 aromatic carbocycles. The average molecular weight is 452 g/mol. The summed E-state index contributed by atoms with van der Waals surface area (Å²) < 4.78 is 28.3. The summed E-state index contributed by atoms with van der Waals surface area (Å²) in [4.78, 5) is 23.0. The number of nitrogens with one attached hydrogen (secondary N) is 1. The number of amides is 1. The van der Waals surface area contributed by atoms with Crippen molar-refractivity contribution in [2.24, 2.45) is 5.14 Å². The fourth-order valence-electron chi connectivity index (χ4n) is 2.77. The molecular weight excluding hydrogens is 436 g/mol. The highest BCUT2D eigenvalue weighted by atomic mass is 32.2. The van der Waals surface area contributed by atoms with E-state index in [4.69, 9.17) is 9.56 Å². The van der Waals surface area contributed by atoms with E-state index in [2.05, 4.69) is 5.32 Å². The van der Waals surface area contributed by atoms with E-state index in [1.807, 2.05) is 0 Å². The van der Waals surface area contributed by atoms with E-state index >= 15 is 0 Å². The smallest absolute Gasteiger partial charge is 0.293 e. The maximum atomic E-state index is 12.5. The summed E-state index contributed by atoms with van der Waals surface area (Å²) in [7, 11) is -3.82. The number of nitrogens with zero attached hydrogens (tertiary/aromatic N) is 2. The zero-order chi connectivity index (χ0) is 23.5. The van der Waals surface area contributed by atoms with Gasteiger partial charge < -0.3 is 9.73 Å². The number of hydrogen-bond donors (Lipinski definition) is 2. The molecule has 3 rings (SSSR count). The Bertz CT molecular complexity index is 1380. The van der Waals surface area contributed by atoms with Gasteiger partial charge in [-0.3, -0.25) is 14.9 Å². The molecule has 0 aliphatic carbocycles. The number of furan rings is 1. The third kappa shape index (κ3) is 5.07. The Kier molecular flexibility index (Phi) is 6.20. The number of hydrogen-bond acceptors (Lipinski definition) is 7. The largest absolute Gasteiger partial charge is 0.457 e. The second-order valence-corrected chi connectivity index (χ2v) is 8.23. The van der Waals surface area contributed by atoms with Gasteiger partial charge in [0, 0.05) is 17.7 Å². The van der Waals surface area contributed by atoms with E-state index in [9.17, 15) is 28.6 Å². The molecule has 1 amide bonds. The van der Waals surface area contributed by atoms with E-state index in [-0.39, 0.29) is 27.6 Å². The normalized spacial score (nSPS) is 11.6. The van der Waals surface area contributed by atoms with Crippen molar-refractivity contribution < 1.29 is 22.6 Å². The summed E-state index contributed by atoms with van der Waals surface area (Å²) in [6.45, 7) is 1.68. The van der Waals surface area contributed by atoms with Crippen LogP contribution in [-0.4, -0.2) is 19.2 Å². The molecule has 0 spiro atoms. The van der Waals surface area contributed by atoms with Crippen LogP contribution < -0.4 is 10.5 Å². The van der Waals surface area contributed by atoms with Crippen LogP contribution in [0.4, 0.5) is 11.4 Å². The highest BCUT2D eigenvalue weighted by Crippen LogP contribution is 2.27. The van der Waals surface area contributed by atoms with Crippen molar-refractivity contribution in [3.05, 3.63) is 81.6 Å². The van der Waals surface area contributed by atoms with Crippen LogP contribution in [0.1, 0.15) is 11.3 Å². The lowest BCUT2D eigenvalue weighted by molar-refractivity contribution is -0.384. The fraction of sp³-hybridized carbons (Fsp3) is 0.0476. The second-order valence-electron chi connectivity index (χ2n) is 6.67. The van der Waals surface area contributed by atoms with Crippen molar-refractivity contribution in [3.8, 4) is 17.4 Å². The minimum Gasteiger partial charge on any atom is -0.457 e. The van der Waals surface area contributed by atoms with Crippen molar-refractivity contribution in [2.75, 3.05) is 5.32 Å². The number of nitro groups is 1. The molecule has 1 aromatic heterocycles. The maximum absolute atomic E-state index is 12.5. The van der Waals surface area contributed by atoms with E-state index in [0.29, 0.717) is 16.9 Å². The first-order chi connectivity index (χ1) is 15.1. The number of nitrogens with two attached hydrogens (primary N) is 1. The Morgan fingerprint density at radius 3 is 2.47 bits per heavy atom. The predicted molar refractivity (Wildman–Crippen MR) is 116 cm³/mol. The Balaban J connectivity index is 1.83. The maximum Gasteiger partial charge on any atom is 0.293 e. The number of primary sulfonamides is 1. The molecule has 0 atom stereocenters. The quantitative estimate of drug-likeness (QED) is 0.250. The van der Waals surface area contributed by atoms with Gasteiger partial charge in [-0.25, -0.2) is 13.6 Å². The first-order valence-corrected chi connectivity index (χ1v) is 10.5. The van der Waals surface area contributed by atoms with E-state index in [1.54, 1.807) is 25.1 Å². The van der Waals surface area contributed by atoms with Crippen LogP contribution in [0.15, 0.2) is 69.5 Å². The first kappa shape index (κ1) is 22.4. The highest BCUT2D eigenvalue weighted by molar-refractivity contribution is 7.89. The summed E-state index contributed by atoms with van der Waals surface area (Å²) >= 11 is 0. The average Bonchev–Trinajstić information content (AvgIpc) is 3.21. The third-order valence-corrected chi connectivity index (χ3v) is 5.27. The summed E-state index contributed by atoms with van der Waals surface area (Å²) in [5.41, 5.74) is 0.535. The standard InChI is InChI=1S/C21H16N4O6S/c1-13-2-8-18(19(10-13)25(27)28)24-21(26)15(12-22)11-16-5-9-20(31-16)14-3-6-17(7-4-14)32(23,29)30/h2-11H,1H3,(H,24,26)(H2,23,29,30). The summed E-state index contributed by atoms with van der Waals surface area (Å²) in [5.74, 6) is -0.292. The van der Waals surface area contributed by atoms with Gasteiger partial charge in [-0.2, -0.15) is 5.26 Å². The van der Waals surface area contributed by atoms with Crippen molar-refractivity contribution in [2.45, 2.75) is 11.8 Å². The number of carbonyl (C=O) groups excluding carboxylic acids is 1. The molecule has 3 aromatic rings. The van der Waals surface area contributed by atoms with E-state index in [1.165, 1.54) is 48.5 Å². The predicted octanol–water partition coefficient (Wildman–Crippen LogP) is 3.36. The molecule has 10 nitrogen and oxygen atoms in total. The van der Waals surface area contributed by atoms with Crippen LogP contribution in [0.25, 0.3) is 17.4 Å². The van der Waals surface area contributed by atoms with Gasteiger partial charge >= 0.3 is 0 Å². The van der Waals surface area contributed by atoms with Gasteiger partial charge in [-0.1, -0.05) is 6.07 Å². The molecule has 0 aliphatic heterocycles. The Morgan fingerprint density at radius 1 is 1.19 bits per heavy atom. The number of sulfonamides is 1. The zero-order valence-electron chi connectivity index (χ0n) is 16.6. The van der Waals surface area contributed by atoms with Crippen LogP contribution >= 0.6 is 0 Å². The monoisotopic (exact) mass is 452 g/mol. The van der Waals surface area contributed by atoms with Gasteiger partial charge in [0.1, 0.15) is 28.9 Å². The molecule has 11 heteroatoms. The van der Waals surface area contributed by atoms with Crippen molar-refractivity contribution >= 4 is 33.4 Å². The SMILES string of the molecule is Cc1ccc(NC(=O)C(C#N)=Cc2ccc(-c3ccc(S(N)(=O)=O)cc3)o2)c([N+](=O)[O-])c1. The lowest BCUT2D eigenvalue weighted by Crippen LogP contribution is -2.14. The van der Waals surface area contributed by atoms with Crippen molar-refractivity contribution in [3.63, 3.8) is 0 Å². The molecule has 1 heterocycles. The van der Waals surface area contributed by atoms with Crippen LogP contribution in [0.3, 0.4) is 0 Å². The Morgan fingerprint density at radius 2 is 1.88 bits per heavy atom. The molecule has 0 fully saturated rings. The lowest BCUT2D eigenvalue weighted by atomic mass is 10.1. The minimum absolute atomic E-state index is 0.0400. The highest BCUT2D eigenvalue weighted by Gasteiger charge is 2.18. The first-order valence-electron chi connectivity index (χ1n) is 9.00. The molecule has 0 saturated heterocycles. The zero-order valence-corrected chi connectivity index (χ0v) is 17.4. The van der Waals surface area contributed by atoms with Gasteiger partial charge in [0.25, 0.3) is 11.6 Å². The van der Waals surface area contributed by atoms with Crippen LogP contribution in [0.2, 0.25) is 0 Å². The summed E-state index contributed by atoms with van der Waals surface area (Å²) in [6, 6.07) is 14.8. The molecule has 32 heavy (non-hydrogen) atoms. The van der Waals surface area contributed by atoms with Gasteiger partial charge in [0.05, 0.1) is 9.82 Å². The molecule has 0 radical (unpaired) electrons. The summed E-state index contributed by atoms with van der Waals surface area (Å²) in [6.07, 6.45) is 1.19. The molecule has 3 N–H and O–H groups in total. The molecule has 0 aliphatic rings. The number of aryl methyl sites for hydroxylation is 1. The second kappa shape index (κ2) is 8.84. The van der Waals surface area contributed by atoms with Crippen LogP contribution in [0, 0.1) is 28.4 Å². The molecule has 0 saturated carbocycles. The number of nitro benzene ring substituents is 1. The minimum atomic E-state index is -3.82. The number of benzene rings is 2. The van der Waals surface area contributed by atoms with Gasteiger partial charge in [-0.05, 0) is 55.0 Å². The fourth-order valence-corrected chi connectivity index (χ4v) is 3.29. The van der Waals surface area contributed by atoms with Gasteiger partial charge in [-0.15, -0.1) is 0 Å².